The van der Waals surface area contributed by atoms with Gasteiger partial charge in [-0.25, -0.2) is 0 Å². The molecule has 0 aliphatic carbocycles. The first-order valence-corrected chi connectivity index (χ1v) is 6.65. The Bertz CT molecular complexity index is 345. The molecule has 1 aromatic carbocycles. The highest BCUT2D eigenvalue weighted by molar-refractivity contribution is 5.20. The Morgan fingerprint density at radius 1 is 1.24 bits per heavy atom. The molecule has 1 saturated heterocycles. The molecule has 1 aliphatic heterocycles. The van der Waals surface area contributed by atoms with Crippen molar-refractivity contribution in [3.63, 3.8) is 0 Å². The highest BCUT2D eigenvalue weighted by Gasteiger charge is 2.37. The van der Waals surface area contributed by atoms with Crippen LogP contribution in [0, 0.1) is 0 Å². The second-order valence-corrected chi connectivity index (χ2v) is 5.06. The molecule has 0 amide bonds. The summed E-state index contributed by atoms with van der Waals surface area (Å²) in [7, 11) is 0. The van der Waals surface area contributed by atoms with Gasteiger partial charge in [0.25, 0.3) is 0 Å². The standard InChI is InChI=1S/C15H23NO/c1-4-15(5-2)11-17-14(12(3)16-15)13-9-7-6-8-10-13/h6-10,12,14,16H,4-5,11H2,1-3H3. The summed E-state index contributed by atoms with van der Waals surface area (Å²) >= 11 is 0. The SMILES string of the molecule is CCC1(CC)COC(c2ccccc2)C(C)N1. The molecule has 0 spiro atoms. The molecule has 2 unspecified atom stereocenters. The summed E-state index contributed by atoms with van der Waals surface area (Å²) in [5.41, 5.74) is 1.44. The van der Waals surface area contributed by atoms with Crippen LogP contribution in [-0.2, 0) is 4.74 Å². The zero-order chi connectivity index (χ0) is 12.3. The number of benzene rings is 1. The van der Waals surface area contributed by atoms with Crippen LogP contribution in [0.4, 0.5) is 0 Å². The Kier molecular flexibility index (Phi) is 3.85. The highest BCUT2D eigenvalue weighted by atomic mass is 16.5. The summed E-state index contributed by atoms with van der Waals surface area (Å²) in [6.07, 6.45) is 2.42. The third-order valence-electron chi connectivity index (χ3n) is 4.01. The predicted molar refractivity (Wildman–Crippen MR) is 71.0 cm³/mol. The van der Waals surface area contributed by atoms with E-state index in [2.05, 4.69) is 50.4 Å². The maximum absolute atomic E-state index is 6.11. The predicted octanol–water partition coefficient (Wildman–Crippen LogP) is 3.29. The van der Waals surface area contributed by atoms with E-state index in [1.165, 1.54) is 5.56 Å². The van der Waals surface area contributed by atoms with Gasteiger partial charge in [0.2, 0.25) is 0 Å². The molecule has 0 saturated carbocycles. The Balaban J connectivity index is 2.11. The summed E-state index contributed by atoms with van der Waals surface area (Å²) in [4.78, 5) is 0. The monoisotopic (exact) mass is 233 g/mol. The third kappa shape index (κ3) is 2.53. The van der Waals surface area contributed by atoms with Crippen molar-refractivity contribution in [3.8, 4) is 0 Å². The van der Waals surface area contributed by atoms with Gasteiger partial charge in [-0.15, -0.1) is 0 Å². The van der Waals surface area contributed by atoms with E-state index in [4.69, 9.17) is 4.74 Å². The van der Waals surface area contributed by atoms with Crippen molar-refractivity contribution in [1.82, 2.24) is 5.32 Å². The van der Waals surface area contributed by atoms with Gasteiger partial charge in [0, 0.05) is 11.6 Å². The Morgan fingerprint density at radius 2 is 1.88 bits per heavy atom. The summed E-state index contributed by atoms with van der Waals surface area (Å²) in [5, 5.41) is 3.75. The molecule has 94 valence electrons. The van der Waals surface area contributed by atoms with Gasteiger partial charge < -0.3 is 10.1 Å². The first kappa shape index (κ1) is 12.6. The molecule has 17 heavy (non-hydrogen) atoms. The zero-order valence-corrected chi connectivity index (χ0v) is 11.1. The van der Waals surface area contributed by atoms with Crippen molar-refractivity contribution in [2.24, 2.45) is 0 Å². The van der Waals surface area contributed by atoms with Crippen molar-refractivity contribution >= 4 is 0 Å². The lowest BCUT2D eigenvalue weighted by atomic mass is 9.88. The molecule has 1 aliphatic rings. The van der Waals surface area contributed by atoms with Crippen LogP contribution in [0.1, 0.15) is 45.3 Å². The minimum atomic E-state index is 0.171. The van der Waals surface area contributed by atoms with Crippen LogP contribution >= 0.6 is 0 Å². The van der Waals surface area contributed by atoms with Crippen molar-refractivity contribution in [2.75, 3.05) is 6.61 Å². The van der Waals surface area contributed by atoms with Gasteiger partial charge in [-0.2, -0.15) is 0 Å². The van der Waals surface area contributed by atoms with E-state index in [-0.39, 0.29) is 11.6 Å². The molecule has 2 heteroatoms. The molecule has 2 rings (SSSR count). The maximum Gasteiger partial charge on any atom is 0.0976 e. The first-order chi connectivity index (χ1) is 8.21. The largest absolute Gasteiger partial charge is 0.370 e. The average Bonchev–Trinajstić information content (AvgIpc) is 2.39. The van der Waals surface area contributed by atoms with E-state index < -0.39 is 0 Å². The Morgan fingerprint density at radius 3 is 2.41 bits per heavy atom. The van der Waals surface area contributed by atoms with E-state index >= 15 is 0 Å². The first-order valence-electron chi connectivity index (χ1n) is 6.65. The normalized spacial score (nSPS) is 27.9. The van der Waals surface area contributed by atoms with Gasteiger partial charge in [0.15, 0.2) is 0 Å². The van der Waals surface area contributed by atoms with E-state index in [0.717, 1.165) is 19.4 Å². The van der Waals surface area contributed by atoms with Crippen LogP contribution in [0.5, 0.6) is 0 Å². The molecule has 0 radical (unpaired) electrons. The fraction of sp³-hybridized carbons (Fsp3) is 0.600. The molecule has 2 atom stereocenters. The van der Waals surface area contributed by atoms with Crippen LogP contribution in [0.25, 0.3) is 0 Å². The van der Waals surface area contributed by atoms with Crippen molar-refractivity contribution in [2.45, 2.75) is 51.3 Å². The van der Waals surface area contributed by atoms with Crippen LogP contribution in [0.15, 0.2) is 30.3 Å². The molecule has 2 nitrogen and oxygen atoms in total. The topological polar surface area (TPSA) is 21.3 Å². The number of morpholine rings is 1. The summed E-state index contributed by atoms with van der Waals surface area (Å²) in [5.74, 6) is 0. The number of rotatable bonds is 3. The molecule has 1 fully saturated rings. The minimum Gasteiger partial charge on any atom is -0.370 e. The maximum atomic E-state index is 6.11. The fourth-order valence-corrected chi connectivity index (χ4v) is 2.68. The quantitative estimate of drug-likeness (QED) is 0.865. The van der Waals surface area contributed by atoms with E-state index in [1.807, 2.05) is 6.07 Å². The minimum absolute atomic E-state index is 0.171. The average molecular weight is 233 g/mol. The van der Waals surface area contributed by atoms with Gasteiger partial charge in [-0.05, 0) is 25.3 Å². The van der Waals surface area contributed by atoms with Crippen molar-refractivity contribution in [1.29, 1.82) is 0 Å². The molecular formula is C15H23NO. The molecule has 1 heterocycles. The number of ether oxygens (including phenoxy) is 1. The number of nitrogens with one attached hydrogen (secondary N) is 1. The van der Waals surface area contributed by atoms with Gasteiger partial charge in [-0.1, -0.05) is 44.2 Å². The van der Waals surface area contributed by atoms with Gasteiger partial charge in [0.05, 0.1) is 12.7 Å². The number of hydrogen-bond acceptors (Lipinski definition) is 2. The lowest BCUT2D eigenvalue weighted by Gasteiger charge is -2.44. The lowest BCUT2D eigenvalue weighted by Crippen LogP contribution is -2.58. The van der Waals surface area contributed by atoms with Crippen molar-refractivity contribution < 1.29 is 4.74 Å². The second-order valence-electron chi connectivity index (χ2n) is 5.06. The van der Waals surface area contributed by atoms with Gasteiger partial charge in [0.1, 0.15) is 0 Å². The van der Waals surface area contributed by atoms with Gasteiger partial charge in [-0.3, -0.25) is 0 Å². The van der Waals surface area contributed by atoms with Crippen LogP contribution in [-0.4, -0.2) is 18.2 Å². The van der Waals surface area contributed by atoms with Crippen LogP contribution in [0.2, 0.25) is 0 Å². The molecule has 1 aromatic rings. The van der Waals surface area contributed by atoms with Gasteiger partial charge >= 0.3 is 0 Å². The Labute approximate surface area is 104 Å². The molecular weight excluding hydrogens is 210 g/mol. The Hall–Kier alpha value is -0.860. The smallest absolute Gasteiger partial charge is 0.0976 e. The van der Waals surface area contributed by atoms with E-state index in [0.29, 0.717) is 6.04 Å². The summed E-state index contributed by atoms with van der Waals surface area (Å²) in [6.45, 7) is 7.49. The van der Waals surface area contributed by atoms with Crippen LogP contribution < -0.4 is 5.32 Å². The second kappa shape index (κ2) is 5.19. The third-order valence-corrected chi connectivity index (χ3v) is 4.01. The lowest BCUT2D eigenvalue weighted by molar-refractivity contribution is -0.0631. The highest BCUT2D eigenvalue weighted by Crippen LogP contribution is 2.31. The van der Waals surface area contributed by atoms with Crippen molar-refractivity contribution in [3.05, 3.63) is 35.9 Å². The summed E-state index contributed by atoms with van der Waals surface area (Å²) < 4.78 is 6.11. The molecule has 1 N–H and O–H groups in total. The van der Waals surface area contributed by atoms with Crippen LogP contribution in [0.3, 0.4) is 0 Å². The molecule has 0 bridgehead atoms. The summed E-state index contributed by atoms with van der Waals surface area (Å²) in [6, 6.07) is 10.9. The molecule has 0 aromatic heterocycles. The number of hydrogen-bond donors (Lipinski definition) is 1. The fourth-order valence-electron chi connectivity index (χ4n) is 2.68. The van der Waals surface area contributed by atoms with E-state index in [1.54, 1.807) is 0 Å². The van der Waals surface area contributed by atoms with E-state index in [9.17, 15) is 0 Å². The zero-order valence-electron chi connectivity index (χ0n) is 11.1.